The zero-order chi connectivity index (χ0) is 18.1. The molecule has 1 atom stereocenters. The first-order valence-corrected chi connectivity index (χ1v) is 9.16. The molecule has 7 heteroatoms. The van der Waals surface area contributed by atoms with Gasteiger partial charge in [0.1, 0.15) is 0 Å². The molecule has 7 nitrogen and oxygen atoms in total. The Morgan fingerprint density at radius 3 is 2.92 bits per heavy atom. The van der Waals surface area contributed by atoms with Crippen molar-refractivity contribution in [1.82, 2.24) is 25.0 Å². The smallest absolute Gasteiger partial charge is 0.228 e. The van der Waals surface area contributed by atoms with Crippen molar-refractivity contribution in [2.24, 2.45) is 5.92 Å². The zero-order valence-electron chi connectivity index (χ0n) is 14.9. The second-order valence-corrected chi connectivity index (χ2v) is 7.02. The van der Waals surface area contributed by atoms with E-state index in [1.165, 1.54) is 0 Å². The van der Waals surface area contributed by atoms with Crippen LogP contribution in [0.15, 0.2) is 24.5 Å². The van der Waals surface area contributed by atoms with Crippen LogP contribution in [0.3, 0.4) is 0 Å². The minimum atomic E-state index is -0.247. The van der Waals surface area contributed by atoms with Crippen molar-refractivity contribution >= 4 is 11.8 Å². The summed E-state index contributed by atoms with van der Waals surface area (Å²) < 4.78 is 0. The van der Waals surface area contributed by atoms with E-state index in [0.29, 0.717) is 32.6 Å². The molecule has 1 N–H and O–H groups in total. The molecule has 1 fully saturated rings. The fourth-order valence-electron chi connectivity index (χ4n) is 3.89. The van der Waals surface area contributed by atoms with Crippen molar-refractivity contribution < 1.29 is 9.59 Å². The maximum Gasteiger partial charge on any atom is 0.228 e. The molecule has 1 saturated heterocycles. The average Bonchev–Trinajstić information content (AvgIpc) is 3.25. The minimum Gasteiger partial charge on any atom is -0.338 e. The fourth-order valence-corrected chi connectivity index (χ4v) is 3.89. The molecule has 0 radical (unpaired) electrons. The van der Waals surface area contributed by atoms with Gasteiger partial charge in [-0.3, -0.25) is 19.7 Å². The number of hydrogen-bond acceptors (Lipinski definition) is 4. The van der Waals surface area contributed by atoms with Crippen molar-refractivity contribution in [2.45, 2.75) is 39.3 Å². The third-order valence-corrected chi connectivity index (χ3v) is 5.35. The highest BCUT2D eigenvalue weighted by molar-refractivity contribution is 5.89. The van der Waals surface area contributed by atoms with Crippen LogP contribution >= 0.6 is 0 Å². The lowest BCUT2D eigenvalue weighted by atomic mass is 10.0. The number of fused-ring (bicyclic) bond motifs is 1. The number of likely N-dealkylation sites (tertiary alicyclic amines) is 1. The Kier molecular flexibility index (Phi) is 4.44. The predicted molar refractivity (Wildman–Crippen MR) is 94.8 cm³/mol. The quantitative estimate of drug-likeness (QED) is 0.898. The molecule has 4 heterocycles. The molecule has 2 aliphatic rings. The molecular formula is C19H23N5O2. The molecule has 136 valence electrons. The Labute approximate surface area is 152 Å². The van der Waals surface area contributed by atoms with Gasteiger partial charge in [0.25, 0.3) is 0 Å². The standard InChI is InChI=1S/C19H23N5O2/c1-2-16-15-12-23(8-5-17(15)22-21-16)19(26)14-9-18(25)24(11-14)10-13-3-6-20-7-4-13/h3-4,6-7,14H,2,5,8-12H2,1H3,(H,21,22)/t14-/m1/s1. The van der Waals surface area contributed by atoms with Gasteiger partial charge in [-0.1, -0.05) is 6.92 Å². The van der Waals surface area contributed by atoms with Gasteiger partial charge in [0.2, 0.25) is 11.8 Å². The first kappa shape index (κ1) is 16.8. The maximum absolute atomic E-state index is 13.0. The predicted octanol–water partition coefficient (Wildman–Crippen LogP) is 1.30. The van der Waals surface area contributed by atoms with Crippen LogP contribution in [-0.4, -0.2) is 49.9 Å². The van der Waals surface area contributed by atoms with Crippen LogP contribution < -0.4 is 0 Å². The molecule has 0 aliphatic carbocycles. The van der Waals surface area contributed by atoms with Gasteiger partial charge < -0.3 is 9.80 Å². The summed E-state index contributed by atoms with van der Waals surface area (Å²) in [7, 11) is 0. The van der Waals surface area contributed by atoms with Gasteiger partial charge in [-0.05, 0) is 24.1 Å². The van der Waals surface area contributed by atoms with Crippen LogP contribution in [0.4, 0.5) is 0 Å². The van der Waals surface area contributed by atoms with Gasteiger partial charge in [-0.15, -0.1) is 0 Å². The third kappa shape index (κ3) is 3.09. The number of aromatic amines is 1. The SMILES string of the molecule is CCc1n[nH]c2c1CN(C(=O)[C@@H]1CC(=O)N(Cc3ccncc3)C1)CC2. The lowest BCUT2D eigenvalue weighted by Gasteiger charge is -2.29. The van der Waals surface area contributed by atoms with Gasteiger partial charge in [0.15, 0.2) is 0 Å². The molecule has 0 bridgehead atoms. The van der Waals surface area contributed by atoms with E-state index in [1.807, 2.05) is 17.0 Å². The fraction of sp³-hybridized carbons (Fsp3) is 0.474. The highest BCUT2D eigenvalue weighted by Crippen LogP contribution is 2.26. The van der Waals surface area contributed by atoms with Crippen molar-refractivity contribution in [3.63, 3.8) is 0 Å². The van der Waals surface area contributed by atoms with E-state index in [0.717, 1.165) is 35.4 Å². The number of carbonyl (C=O) groups is 2. The van der Waals surface area contributed by atoms with Crippen molar-refractivity contribution in [3.05, 3.63) is 47.0 Å². The summed E-state index contributed by atoms with van der Waals surface area (Å²) in [5.74, 6) is -0.109. The first-order valence-electron chi connectivity index (χ1n) is 9.16. The number of aromatic nitrogens is 3. The summed E-state index contributed by atoms with van der Waals surface area (Å²) in [6.45, 7) is 4.39. The zero-order valence-corrected chi connectivity index (χ0v) is 14.9. The Morgan fingerprint density at radius 2 is 2.15 bits per heavy atom. The van der Waals surface area contributed by atoms with Crippen molar-refractivity contribution in [2.75, 3.05) is 13.1 Å². The molecule has 2 aromatic rings. The van der Waals surface area contributed by atoms with E-state index in [2.05, 4.69) is 22.1 Å². The molecular weight excluding hydrogens is 330 g/mol. The van der Waals surface area contributed by atoms with Crippen LogP contribution in [-0.2, 0) is 35.5 Å². The van der Waals surface area contributed by atoms with Gasteiger partial charge >= 0.3 is 0 Å². The van der Waals surface area contributed by atoms with E-state index in [4.69, 9.17) is 0 Å². The van der Waals surface area contributed by atoms with Gasteiger partial charge in [-0.25, -0.2) is 0 Å². The molecule has 26 heavy (non-hydrogen) atoms. The molecule has 0 aromatic carbocycles. The molecule has 2 aromatic heterocycles. The lowest BCUT2D eigenvalue weighted by Crippen LogP contribution is -2.40. The van der Waals surface area contributed by atoms with E-state index >= 15 is 0 Å². The van der Waals surface area contributed by atoms with Crippen LogP contribution in [0, 0.1) is 5.92 Å². The van der Waals surface area contributed by atoms with Crippen LogP contribution in [0.1, 0.15) is 35.9 Å². The molecule has 0 spiro atoms. The summed E-state index contributed by atoms with van der Waals surface area (Å²) in [4.78, 5) is 33.0. The highest BCUT2D eigenvalue weighted by Gasteiger charge is 2.37. The number of rotatable bonds is 4. The number of carbonyl (C=O) groups excluding carboxylic acids is 2. The minimum absolute atomic E-state index is 0.0513. The van der Waals surface area contributed by atoms with Crippen LogP contribution in [0.2, 0.25) is 0 Å². The monoisotopic (exact) mass is 353 g/mol. The molecule has 4 rings (SSSR count). The van der Waals surface area contributed by atoms with Gasteiger partial charge in [0.05, 0.1) is 11.6 Å². The van der Waals surface area contributed by atoms with E-state index in [-0.39, 0.29) is 17.7 Å². The Hall–Kier alpha value is -2.70. The normalized spacial score (nSPS) is 19.7. The van der Waals surface area contributed by atoms with Gasteiger partial charge in [-0.2, -0.15) is 5.10 Å². The Morgan fingerprint density at radius 1 is 1.35 bits per heavy atom. The second-order valence-electron chi connectivity index (χ2n) is 7.02. The molecule has 2 aliphatic heterocycles. The van der Waals surface area contributed by atoms with E-state index < -0.39 is 0 Å². The highest BCUT2D eigenvalue weighted by atomic mass is 16.2. The average molecular weight is 353 g/mol. The maximum atomic E-state index is 13.0. The largest absolute Gasteiger partial charge is 0.338 e. The summed E-state index contributed by atoms with van der Waals surface area (Å²) in [5, 5.41) is 7.44. The Balaban J connectivity index is 1.42. The summed E-state index contributed by atoms with van der Waals surface area (Å²) in [6.07, 6.45) is 5.41. The van der Waals surface area contributed by atoms with Crippen molar-refractivity contribution in [1.29, 1.82) is 0 Å². The lowest BCUT2D eigenvalue weighted by molar-refractivity contribution is -0.136. The van der Waals surface area contributed by atoms with Gasteiger partial charge in [0, 0.05) is 62.7 Å². The van der Waals surface area contributed by atoms with Crippen molar-refractivity contribution in [3.8, 4) is 0 Å². The van der Waals surface area contributed by atoms with E-state index in [9.17, 15) is 9.59 Å². The second kappa shape index (κ2) is 6.90. The molecule has 0 unspecified atom stereocenters. The first-order chi connectivity index (χ1) is 12.7. The van der Waals surface area contributed by atoms with Crippen LogP contribution in [0.25, 0.3) is 0 Å². The third-order valence-electron chi connectivity index (χ3n) is 5.35. The molecule has 2 amide bonds. The summed E-state index contributed by atoms with van der Waals surface area (Å²) in [6, 6.07) is 3.81. The number of nitrogens with one attached hydrogen (secondary N) is 1. The topological polar surface area (TPSA) is 82.2 Å². The summed E-state index contributed by atoms with van der Waals surface area (Å²) in [5.41, 5.74) is 4.38. The van der Waals surface area contributed by atoms with E-state index in [1.54, 1.807) is 17.3 Å². The van der Waals surface area contributed by atoms with Crippen LogP contribution in [0.5, 0.6) is 0 Å². The number of amides is 2. The number of nitrogens with zero attached hydrogens (tertiary/aromatic N) is 4. The number of aryl methyl sites for hydroxylation is 1. The molecule has 0 saturated carbocycles. The number of H-pyrrole nitrogens is 1. The Bertz CT molecular complexity index is 803. The number of pyridine rings is 1. The number of hydrogen-bond donors (Lipinski definition) is 1. The summed E-state index contributed by atoms with van der Waals surface area (Å²) >= 11 is 0.